The maximum absolute atomic E-state index is 13.0. The van der Waals surface area contributed by atoms with Gasteiger partial charge in [0, 0.05) is 12.5 Å². The number of hydrogen-bond donors (Lipinski definition) is 2. The van der Waals surface area contributed by atoms with E-state index in [-0.39, 0.29) is 48.7 Å². The SMILES string of the molecule is CC1NC(N(C)C)C(C)C2C(=O)N(C3CCC(=O)NC3=O)C(=O)C12. The van der Waals surface area contributed by atoms with Crippen molar-refractivity contribution in [3.63, 3.8) is 0 Å². The number of hydrogen-bond acceptors (Lipinski definition) is 6. The van der Waals surface area contributed by atoms with Crippen molar-refractivity contribution in [1.82, 2.24) is 20.4 Å². The summed E-state index contributed by atoms with van der Waals surface area (Å²) in [6.07, 6.45) is 0.334. The fraction of sp³-hybridized carbons (Fsp3) is 0.750. The van der Waals surface area contributed by atoms with E-state index < -0.39 is 23.8 Å². The summed E-state index contributed by atoms with van der Waals surface area (Å²) in [5.41, 5.74) is 0. The Morgan fingerprint density at radius 1 is 1.04 bits per heavy atom. The molecule has 3 saturated heterocycles. The van der Waals surface area contributed by atoms with Crippen LogP contribution >= 0.6 is 0 Å². The van der Waals surface area contributed by atoms with Crippen molar-refractivity contribution in [2.24, 2.45) is 17.8 Å². The number of carbonyl (C=O) groups is 4. The van der Waals surface area contributed by atoms with E-state index in [1.165, 1.54) is 0 Å². The van der Waals surface area contributed by atoms with Crippen LogP contribution in [0.2, 0.25) is 0 Å². The lowest BCUT2D eigenvalue weighted by Crippen LogP contribution is -2.60. The molecule has 2 N–H and O–H groups in total. The molecule has 3 aliphatic rings. The van der Waals surface area contributed by atoms with E-state index in [4.69, 9.17) is 0 Å². The van der Waals surface area contributed by atoms with Crippen molar-refractivity contribution in [3.8, 4) is 0 Å². The molecule has 0 aliphatic carbocycles. The van der Waals surface area contributed by atoms with Gasteiger partial charge in [0.2, 0.25) is 23.6 Å². The molecule has 8 nitrogen and oxygen atoms in total. The van der Waals surface area contributed by atoms with Gasteiger partial charge in [0.05, 0.1) is 18.0 Å². The Kier molecular flexibility index (Phi) is 4.21. The summed E-state index contributed by atoms with van der Waals surface area (Å²) in [5.74, 6) is -2.46. The molecule has 0 spiro atoms. The largest absolute Gasteiger partial charge is 0.298 e. The molecule has 6 unspecified atom stereocenters. The lowest BCUT2D eigenvalue weighted by Gasteiger charge is -2.43. The topological polar surface area (TPSA) is 98.8 Å². The Morgan fingerprint density at radius 2 is 1.67 bits per heavy atom. The molecule has 0 aromatic heterocycles. The van der Waals surface area contributed by atoms with Crippen molar-refractivity contribution < 1.29 is 19.2 Å². The molecule has 4 amide bonds. The van der Waals surface area contributed by atoms with Crippen LogP contribution in [0.4, 0.5) is 0 Å². The Morgan fingerprint density at radius 3 is 2.25 bits per heavy atom. The molecule has 0 saturated carbocycles. The molecule has 3 aliphatic heterocycles. The minimum Gasteiger partial charge on any atom is -0.298 e. The van der Waals surface area contributed by atoms with Crippen LogP contribution in [-0.4, -0.2) is 65.8 Å². The quantitative estimate of drug-likeness (QED) is 0.622. The van der Waals surface area contributed by atoms with Gasteiger partial charge in [-0.1, -0.05) is 6.92 Å². The first kappa shape index (κ1) is 17.0. The van der Waals surface area contributed by atoms with Crippen molar-refractivity contribution >= 4 is 23.6 Å². The summed E-state index contributed by atoms with van der Waals surface area (Å²) in [6.45, 7) is 3.86. The van der Waals surface area contributed by atoms with E-state index in [9.17, 15) is 19.2 Å². The van der Waals surface area contributed by atoms with Crippen LogP contribution in [0.25, 0.3) is 0 Å². The molecule has 8 heteroatoms. The predicted octanol–water partition coefficient (Wildman–Crippen LogP) is -1.09. The van der Waals surface area contributed by atoms with Gasteiger partial charge in [-0.2, -0.15) is 0 Å². The Balaban J connectivity index is 1.90. The number of piperidine rings is 2. The van der Waals surface area contributed by atoms with E-state index >= 15 is 0 Å². The third-order valence-corrected chi connectivity index (χ3v) is 5.55. The molecule has 0 radical (unpaired) electrons. The van der Waals surface area contributed by atoms with E-state index in [1.807, 2.05) is 32.8 Å². The standard InChI is InChI=1S/C16H24N4O4/c1-7-11-12(8(2)17-13(7)19(3)4)16(24)20(15(11)23)9-5-6-10(21)18-14(9)22/h7-9,11-13,17H,5-6H2,1-4H3,(H,18,21,22). The normalized spacial score (nSPS) is 40.1. The number of rotatable bonds is 2. The van der Waals surface area contributed by atoms with Gasteiger partial charge >= 0.3 is 0 Å². The maximum Gasteiger partial charge on any atom is 0.249 e. The lowest BCUT2D eigenvalue weighted by atomic mass is 9.75. The van der Waals surface area contributed by atoms with Crippen LogP contribution in [0.5, 0.6) is 0 Å². The van der Waals surface area contributed by atoms with Gasteiger partial charge in [0.15, 0.2) is 0 Å². The van der Waals surface area contributed by atoms with Crippen molar-refractivity contribution in [1.29, 1.82) is 0 Å². The van der Waals surface area contributed by atoms with Gasteiger partial charge in [-0.15, -0.1) is 0 Å². The van der Waals surface area contributed by atoms with E-state index in [0.29, 0.717) is 0 Å². The van der Waals surface area contributed by atoms with Crippen molar-refractivity contribution in [2.75, 3.05) is 14.1 Å². The third kappa shape index (κ3) is 2.44. The fourth-order valence-corrected chi connectivity index (χ4v) is 4.39. The Labute approximate surface area is 140 Å². The molecule has 0 bridgehead atoms. The van der Waals surface area contributed by atoms with Crippen LogP contribution in [0.3, 0.4) is 0 Å². The molecule has 6 atom stereocenters. The number of imide groups is 2. The van der Waals surface area contributed by atoms with Gasteiger partial charge in [-0.05, 0) is 33.4 Å². The minimum atomic E-state index is -0.870. The average Bonchev–Trinajstić information content (AvgIpc) is 2.75. The predicted molar refractivity (Wildman–Crippen MR) is 84.2 cm³/mol. The summed E-state index contributed by atoms with van der Waals surface area (Å²) in [5, 5.41) is 5.63. The number of amides is 4. The third-order valence-electron chi connectivity index (χ3n) is 5.55. The van der Waals surface area contributed by atoms with Crippen LogP contribution in [0, 0.1) is 17.8 Å². The summed E-state index contributed by atoms with van der Waals surface area (Å²) in [7, 11) is 3.86. The number of nitrogens with one attached hydrogen (secondary N) is 2. The number of nitrogens with zero attached hydrogens (tertiary/aromatic N) is 2. The zero-order valence-corrected chi connectivity index (χ0v) is 14.4. The number of carbonyl (C=O) groups excluding carboxylic acids is 4. The average molecular weight is 336 g/mol. The Hall–Kier alpha value is -1.80. The molecule has 0 aromatic rings. The maximum atomic E-state index is 13.0. The Bertz CT molecular complexity index is 605. The van der Waals surface area contributed by atoms with Crippen LogP contribution in [0.1, 0.15) is 26.7 Å². The second-order valence-electron chi connectivity index (χ2n) is 7.29. The fourth-order valence-electron chi connectivity index (χ4n) is 4.39. The molecular formula is C16H24N4O4. The smallest absolute Gasteiger partial charge is 0.249 e. The number of likely N-dealkylation sites (tertiary alicyclic amines) is 1. The van der Waals surface area contributed by atoms with Gasteiger partial charge in [-0.3, -0.25) is 39.6 Å². The highest BCUT2D eigenvalue weighted by molar-refractivity contribution is 6.11. The van der Waals surface area contributed by atoms with Gasteiger partial charge in [0.1, 0.15) is 6.04 Å². The van der Waals surface area contributed by atoms with Crippen LogP contribution < -0.4 is 10.6 Å². The second-order valence-corrected chi connectivity index (χ2v) is 7.29. The van der Waals surface area contributed by atoms with Crippen molar-refractivity contribution in [3.05, 3.63) is 0 Å². The van der Waals surface area contributed by atoms with E-state index in [1.54, 1.807) is 0 Å². The molecule has 0 aromatic carbocycles. The van der Waals surface area contributed by atoms with Crippen molar-refractivity contribution in [2.45, 2.75) is 44.9 Å². The minimum absolute atomic E-state index is 0.0142. The highest BCUT2D eigenvalue weighted by Gasteiger charge is 2.58. The first-order valence-electron chi connectivity index (χ1n) is 8.37. The van der Waals surface area contributed by atoms with Crippen LogP contribution in [0.15, 0.2) is 0 Å². The second kappa shape index (κ2) is 5.93. The number of fused-ring (bicyclic) bond motifs is 1. The lowest BCUT2D eigenvalue weighted by molar-refractivity contribution is -0.151. The molecule has 132 valence electrons. The first-order valence-corrected chi connectivity index (χ1v) is 8.37. The van der Waals surface area contributed by atoms with E-state index in [2.05, 4.69) is 10.6 Å². The zero-order valence-electron chi connectivity index (χ0n) is 14.4. The molecule has 3 heterocycles. The molecule has 24 heavy (non-hydrogen) atoms. The molecule has 3 fully saturated rings. The van der Waals surface area contributed by atoms with Gasteiger partial charge < -0.3 is 0 Å². The molecular weight excluding hydrogens is 312 g/mol. The van der Waals surface area contributed by atoms with Crippen LogP contribution in [-0.2, 0) is 19.2 Å². The molecule has 3 rings (SSSR count). The summed E-state index contributed by atoms with van der Waals surface area (Å²) in [6, 6.07) is -1.03. The summed E-state index contributed by atoms with van der Waals surface area (Å²) < 4.78 is 0. The monoisotopic (exact) mass is 336 g/mol. The summed E-state index contributed by atoms with van der Waals surface area (Å²) in [4.78, 5) is 52.5. The highest BCUT2D eigenvalue weighted by atomic mass is 16.2. The van der Waals surface area contributed by atoms with E-state index in [0.717, 1.165) is 4.90 Å². The highest BCUT2D eigenvalue weighted by Crippen LogP contribution is 2.41. The van der Waals surface area contributed by atoms with Gasteiger partial charge in [0.25, 0.3) is 0 Å². The van der Waals surface area contributed by atoms with Gasteiger partial charge in [-0.25, -0.2) is 0 Å². The first-order chi connectivity index (χ1) is 11.2. The zero-order chi connectivity index (χ0) is 17.8. The summed E-state index contributed by atoms with van der Waals surface area (Å²) >= 11 is 0.